The van der Waals surface area contributed by atoms with E-state index in [2.05, 4.69) is 37.0 Å². The van der Waals surface area contributed by atoms with E-state index in [4.69, 9.17) is 10.3 Å². The summed E-state index contributed by atoms with van der Waals surface area (Å²) >= 11 is 0. The Morgan fingerprint density at radius 3 is 2.62 bits per heavy atom. The summed E-state index contributed by atoms with van der Waals surface area (Å²) in [6.45, 7) is 4.08. The lowest BCUT2D eigenvalue weighted by atomic mass is 9.98. The van der Waals surface area contributed by atoms with Crippen molar-refractivity contribution >= 4 is 16.9 Å². The Bertz CT molecular complexity index is 1420. The van der Waals surface area contributed by atoms with Gasteiger partial charge in [0.05, 0.1) is 11.2 Å². The Labute approximate surface area is 192 Å². The Balaban J connectivity index is 1.82. The molecule has 0 bridgehead atoms. The van der Waals surface area contributed by atoms with Crippen LogP contribution in [-0.4, -0.2) is 52.1 Å². The number of fused-ring (bicyclic) bond motifs is 1. The molecule has 4 rings (SSSR count). The van der Waals surface area contributed by atoms with Gasteiger partial charge in [0.1, 0.15) is 5.60 Å². The van der Waals surface area contributed by atoms with Crippen LogP contribution in [0.25, 0.3) is 16.7 Å². The second-order valence-electron chi connectivity index (χ2n) is 8.16. The van der Waals surface area contributed by atoms with Gasteiger partial charge < -0.3 is 20.5 Å². The molecule has 12 heteroatoms. The van der Waals surface area contributed by atoms with Gasteiger partial charge in [0, 0.05) is 36.6 Å². The molecule has 0 aliphatic heterocycles. The molecule has 4 aromatic rings. The van der Waals surface area contributed by atoms with Crippen LogP contribution >= 0.6 is 0 Å². The number of benzene rings is 1. The maximum absolute atomic E-state index is 13.3. The molecule has 0 radical (unpaired) electrons. The standard InChI is InChI=1S/C22H21F2N7O3/c1-12-27-19(30-34-12)21(2,32)8-6-13-4-5-14-15(11-22(3,33)18(23)24)29-31(16(14)10-13)17-7-9-26-20(25)28-17/h4-5,7,9-10,18,32-33H,11H2,1-3H3,(H2,25,26,28). The fourth-order valence-electron chi connectivity index (χ4n) is 3.21. The number of rotatable bonds is 5. The average Bonchev–Trinajstić information content (AvgIpc) is 3.36. The molecule has 0 aliphatic carbocycles. The summed E-state index contributed by atoms with van der Waals surface area (Å²) in [5, 5.41) is 29.4. The monoisotopic (exact) mass is 469 g/mol. The van der Waals surface area contributed by atoms with E-state index in [1.807, 2.05) is 0 Å². The van der Waals surface area contributed by atoms with Gasteiger partial charge in [0.2, 0.25) is 17.7 Å². The molecule has 0 aliphatic rings. The lowest BCUT2D eigenvalue weighted by Gasteiger charge is -2.20. The number of halogens is 2. The second-order valence-corrected chi connectivity index (χ2v) is 8.16. The van der Waals surface area contributed by atoms with Crippen molar-refractivity contribution in [1.29, 1.82) is 0 Å². The molecule has 0 spiro atoms. The van der Waals surface area contributed by atoms with Gasteiger partial charge in [-0.2, -0.15) is 15.1 Å². The van der Waals surface area contributed by atoms with Crippen LogP contribution in [-0.2, 0) is 12.0 Å². The smallest absolute Gasteiger partial charge is 0.266 e. The zero-order valence-corrected chi connectivity index (χ0v) is 18.5. The van der Waals surface area contributed by atoms with Gasteiger partial charge in [-0.1, -0.05) is 17.0 Å². The van der Waals surface area contributed by atoms with Crippen LogP contribution in [0.5, 0.6) is 0 Å². The third-order valence-electron chi connectivity index (χ3n) is 5.04. The molecule has 176 valence electrons. The molecule has 0 fully saturated rings. The number of anilines is 1. The molecular weight excluding hydrogens is 448 g/mol. The first-order valence-electron chi connectivity index (χ1n) is 10.1. The van der Waals surface area contributed by atoms with Crippen molar-refractivity contribution in [3.63, 3.8) is 0 Å². The number of nitrogen functional groups attached to an aromatic ring is 1. The number of aromatic nitrogens is 6. The normalized spacial score (nSPS) is 15.1. The fraction of sp³-hybridized carbons (Fsp3) is 0.318. The minimum absolute atomic E-state index is 0.00433. The van der Waals surface area contributed by atoms with Gasteiger partial charge in [-0.3, -0.25) is 0 Å². The number of nitrogens with two attached hydrogens (primary N) is 1. The fourth-order valence-corrected chi connectivity index (χ4v) is 3.21. The number of nitrogens with zero attached hydrogens (tertiary/aromatic N) is 6. The lowest BCUT2D eigenvalue weighted by molar-refractivity contribution is -0.0825. The second kappa shape index (κ2) is 8.44. The van der Waals surface area contributed by atoms with E-state index >= 15 is 0 Å². The molecule has 0 amide bonds. The van der Waals surface area contributed by atoms with E-state index in [1.54, 1.807) is 31.2 Å². The Kier molecular flexibility index (Phi) is 5.76. The van der Waals surface area contributed by atoms with E-state index in [1.165, 1.54) is 17.8 Å². The summed E-state index contributed by atoms with van der Waals surface area (Å²) < 4.78 is 32.9. The highest BCUT2D eigenvalue weighted by molar-refractivity contribution is 5.85. The molecule has 4 N–H and O–H groups in total. The first-order valence-corrected chi connectivity index (χ1v) is 10.1. The lowest BCUT2D eigenvalue weighted by Crippen LogP contribution is -2.36. The molecule has 10 nitrogen and oxygen atoms in total. The number of hydrogen-bond donors (Lipinski definition) is 3. The van der Waals surface area contributed by atoms with Crippen molar-refractivity contribution < 1.29 is 23.5 Å². The summed E-state index contributed by atoms with van der Waals surface area (Å²) in [7, 11) is 0. The van der Waals surface area contributed by atoms with Crippen LogP contribution in [0.1, 0.15) is 36.8 Å². The van der Waals surface area contributed by atoms with Crippen molar-refractivity contribution in [3.8, 4) is 17.7 Å². The van der Waals surface area contributed by atoms with Crippen molar-refractivity contribution in [2.24, 2.45) is 0 Å². The minimum Gasteiger partial charge on any atom is -0.384 e. The first kappa shape index (κ1) is 23.2. The summed E-state index contributed by atoms with van der Waals surface area (Å²) in [5.41, 5.74) is 2.96. The zero-order chi connectivity index (χ0) is 24.7. The van der Waals surface area contributed by atoms with Crippen molar-refractivity contribution in [3.05, 3.63) is 53.4 Å². The predicted octanol–water partition coefficient (Wildman–Crippen LogP) is 1.91. The molecule has 3 heterocycles. The molecule has 2 unspecified atom stereocenters. The van der Waals surface area contributed by atoms with Gasteiger partial charge >= 0.3 is 0 Å². The minimum atomic E-state index is -2.97. The van der Waals surface area contributed by atoms with Crippen molar-refractivity contribution in [1.82, 2.24) is 29.9 Å². The molecule has 34 heavy (non-hydrogen) atoms. The highest BCUT2D eigenvalue weighted by Crippen LogP contribution is 2.28. The van der Waals surface area contributed by atoms with Crippen LogP contribution in [0, 0.1) is 18.8 Å². The van der Waals surface area contributed by atoms with Crippen LogP contribution in [0.4, 0.5) is 14.7 Å². The third kappa shape index (κ3) is 4.57. The summed E-state index contributed by atoms with van der Waals surface area (Å²) in [6, 6.07) is 6.51. The van der Waals surface area contributed by atoms with Gasteiger partial charge in [0.15, 0.2) is 11.4 Å². The van der Waals surface area contributed by atoms with E-state index in [0.29, 0.717) is 28.2 Å². The summed E-state index contributed by atoms with van der Waals surface area (Å²) in [5.74, 6) is 6.19. The zero-order valence-electron chi connectivity index (χ0n) is 18.5. The largest absolute Gasteiger partial charge is 0.384 e. The molecule has 2 atom stereocenters. The van der Waals surface area contributed by atoms with Crippen LogP contribution < -0.4 is 5.73 Å². The van der Waals surface area contributed by atoms with Gasteiger partial charge in [-0.25, -0.2) is 18.4 Å². The highest BCUT2D eigenvalue weighted by Gasteiger charge is 2.34. The van der Waals surface area contributed by atoms with E-state index in [0.717, 1.165) is 6.92 Å². The molecular formula is C22H21F2N7O3. The van der Waals surface area contributed by atoms with Crippen molar-refractivity contribution in [2.75, 3.05) is 5.73 Å². The van der Waals surface area contributed by atoms with Crippen LogP contribution in [0.3, 0.4) is 0 Å². The molecule has 0 saturated carbocycles. The van der Waals surface area contributed by atoms with E-state index in [-0.39, 0.29) is 17.5 Å². The maximum Gasteiger partial charge on any atom is 0.266 e. The Morgan fingerprint density at radius 2 is 1.97 bits per heavy atom. The van der Waals surface area contributed by atoms with Crippen LogP contribution in [0.15, 0.2) is 35.0 Å². The van der Waals surface area contributed by atoms with E-state index < -0.39 is 24.0 Å². The van der Waals surface area contributed by atoms with Gasteiger partial charge in [-0.15, -0.1) is 0 Å². The Morgan fingerprint density at radius 1 is 1.21 bits per heavy atom. The molecule has 3 aromatic heterocycles. The number of alkyl halides is 2. The van der Waals surface area contributed by atoms with Crippen LogP contribution in [0.2, 0.25) is 0 Å². The topological polar surface area (TPSA) is 149 Å². The van der Waals surface area contributed by atoms with Gasteiger partial charge in [-0.05, 0) is 32.0 Å². The molecule has 0 saturated heterocycles. The average molecular weight is 469 g/mol. The summed E-state index contributed by atoms with van der Waals surface area (Å²) in [6.07, 6.45) is -1.93. The van der Waals surface area contributed by atoms with E-state index in [9.17, 15) is 19.0 Å². The van der Waals surface area contributed by atoms with Gasteiger partial charge in [0.25, 0.3) is 6.43 Å². The van der Waals surface area contributed by atoms with Crippen molar-refractivity contribution in [2.45, 2.75) is 44.8 Å². The quantitative estimate of drug-likeness (QED) is 0.373. The Hall–Kier alpha value is -3.95. The predicted molar refractivity (Wildman–Crippen MR) is 117 cm³/mol. The number of hydrogen-bond acceptors (Lipinski definition) is 9. The number of aryl methyl sites for hydroxylation is 1. The molecule has 1 aromatic carbocycles. The first-order chi connectivity index (χ1) is 16.0. The maximum atomic E-state index is 13.3. The number of aliphatic hydroxyl groups is 2. The summed E-state index contributed by atoms with van der Waals surface area (Å²) in [4.78, 5) is 12.0. The SMILES string of the molecule is Cc1nc(C(C)(O)C#Cc2ccc3c(CC(C)(O)C(F)F)nn(-c4ccnc(N)n4)c3c2)no1. The third-order valence-corrected chi connectivity index (χ3v) is 5.04. The highest BCUT2D eigenvalue weighted by atomic mass is 19.3.